The van der Waals surface area contributed by atoms with Crippen LogP contribution in [0.5, 0.6) is 5.75 Å². The van der Waals surface area contributed by atoms with Gasteiger partial charge in [0.1, 0.15) is 5.75 Å². The predicted octanol–water partition coefficient (Wildman–Crippen LogP) is 4.96. The fourth-order valence-electron chi connectivity index (χ4n) is 3.16. The minimum atomic E-state index is -3.80. The standard InChI is InChI=1S/C24H25ClN2O4S/c1-3-18-9-7-8-12-22(18)26-24(28)16-31-23-14-13-20(15-21(23)25)32(29,30)27-17(2)19-10-5-4-6-11-19/h4-15,17,27H,3,16H2,1-2H3,(H,26,28)/t17-/m0/s1. The van der Waals surface area contributed by atoms with Gasteiger partial charge in [0, 0.05) is 11.7 Å². The molecule has 0 saturated carbocycles. The highest BCUT2D eigenvalue weighted by atomic mass is 35.5. The maximum Gasteiger partial charge on any atom is 0.262 e. The molecule has 2 N–H and O–H groups in total. The van der Waals surface area contributed by atoms with E-state index in [2.05, 4.69) is 10.0 Å². The monoisotopic (exact) mass is 472 g/mol. The minimum absolute atomic E-state index is 0.0129. The fourth-order valence-corrected chi connectivity index (χ4v) is 4.71. The summed E-state index contributed by atoms with van der Waals surface area (Å²) in [4.78, 5) is 12.3. The Kier molecular flexibility index (Phi) is 7.90. The molecule has 6 nitrogen and oxygen atoms in total. The van der Waals surface area contributed by atoms with Gasteiger partial charge in [-0.3, -0.25) is 4.79 Å². The summed E-state index contributed by atoms with van der Waals surface area (Å²) in [5.41, 5.74) is 2.60. The molecule has 0 unspecified atom stereocenters. The molecule has 1 amide bonds. The van der Waals surface area contributed by atoms with Crippen molar-refractivity contribution < 1.29 is 17.9 Å². The Morgan fingerprint density at radius 1 is 1.03 bits per heavy atom. The molecule has 0 bridgehead atoms. The molecule has 0 heterocycles. The normalized spacial score (nSPS) is 12.2. The highest BCUT2D eigenvalue weighted by Gasteiger charge is 2.20. The van der Waals surface area contributed by atoms with E-state index in [1.807, 2.05) is 61.5 Å². The molecule has 0 aliphatic heterocycles. The van der Waals surface area contributed by atoms with Gasteiger partial charge in [-0.25, -0.2) is 13.1 Å². The summed E-state index contributed by atoms with van der Waals surface area (Å²) in [7, 11) is -3.80. The van der Waals surface area contributed by atoms with Crippen molar-refractivity contribution >= 4 is 33.2 Å². The molecule has 0 saturated heterocycles. The zero-order chi connectivity index (χ0) is 23.1. The zero-order valence-corrected chi connectivity index (χ0v) is 19.4. The van der Waals surface area contributed by atoms with Crippen LogP contribution in [0.4, 0.5) is 5.69 Å². The highest BCUT2D eigenvalue weighted by molar-refractivity contribution is 7.89. The molecule has 0 fully saturated rings. The molecule has 0 aliphatic rings. The van der Waals surface area contributed by atoms with Crippen LogP contribution in [0.3, 0.4) is 0 Å². The van der Waals surface area contributed by atoms with Gasteiger partial charge in [0.25, 0.3) is 5.91 Å². The molecule has 3 aromatic rings. The van der Waals surface area contributed by atoms with E-state index in [1.54, 1.807) is 6.92 Å². The van der Waals surface area contributed by atoms with E-state index >= 15 is 0 Å². The second-order valence-electron chi connectivity index (χ2n) is 7.19. The third-order valence-corrected chi connectivity index (χ3v) is 6.71. The first kappa shape index (κ1) is 23.8. The molecule has 8 heteroatoms. The van der Waals surface area contributed by atoms with E-state index in [0.717, 1.165) is 23.2 Å². The first-order valence-electron chi connectivity index (χ1n) is 10.2. The van der Waals surface area contributed by atoms with E-state index in [4.69, 9.17) is 16.3 Å². The molecule has 0 aliphatic carbocycles. The SMILES string of the molecule is CCc1ccccc1NC(=O)COc1ccc(S(=O)(=O)N[C@@H](C)c2ccccc2)cc1Cl. The zero-order valence-electron chi connectivity index (χ0n) is 17.8. The van der Waals surface area contributed by atoms with Gasteiger partial charge in [-0.1, -0.05) is 67.1 Å². The molecular weight excluding hydrogens is 448 g/mol. The fraction of sp³-hybridized carbons (Fsp3) is 0.208. The third kappa shape index (κ3) is 6.09. The van der Waals surface area contributed by atoms with Gasteiger partial charge in [0.15, 0.2) is 6.61 Å². The van der Waals surface area contributed by atoms with Gasteiger partial charge in [-0.2, -0.15) is 0 Å². The van der Waals surface area contributed by atoms with Crippen molar-refractivity contribution in [2.45, 2.75) is 31.2 Å². The number of halogens is 1. The molecule has 3 rings (SSSR count). The van der Waals surface area contributed by atoms with Crippen LogP contribution in [0.2, 0.25) is 5.02 Å². The number of carbonyl (C=O) groups is 1. The summed E-state index contributed by atoms with van der Waals surface area (Å²) in [6, 6.07) is 20.5. The Balaban J connectivity index is 1.63. The van der Waals surface area contributed by atoms with Crippen LogP contribution in [0, 0.1) is 0 Å². The Morgan fingerprint density at radius 3 is 2.41 bits per heavy atom. The van der Waals surface area contributed by atoms with Crippen LogP contribution in [0.25, 0.3) is 0 Å². The summed E-state index contributed by atoms with van der Waals surface area (Å²) < 4.78 is 33.6. The molecular formula is C24H25ClN2O4S. The van der Waals surface area contributed by atoms with E-state index < -0.39 is 16.1 Å². The van der Waals surface area contributed by atoms with E-state index in [0.29, 0.717) is 0 Å². The summed E-state index contributed by atoms with van der Waals surface area (Å²) in [5, 5.41) is 2.91. The Labute approximate surface area is 193 Å². The van der Waals surface area contributed by atoms with Crippen molar-refractivity contribution in [2.75, 3.05) is 11.9 Å². The number of anilines is 1. The average molecular weight is 473 g/mol. The maximum absolute atomic E-state index is 12.7. The van der Waals surface area contributed by atoms with Crippen molar-refractivity contribution in [3.8, 4) is 5.75 Å². The van der Waals surface area contributed by atoms with E-state index in [-0.39, 0.29) is 28.2 Å². The smallest absolute Gasteiger partial charge is 0.262 e. The van der Waals surface area contributed by atoms with Gasteiger partial charge in [0.2, 0.25) is 10.0 Å². The van der Waals surface area contributed by atoms with Crippen molar-refractivity contribution in [1.29, 1.82) is 0 Å². The average Bonchev–Trinajstić information content (AvgIpc) is 2.79. The second kappa shape index (κ2) is 10.6. The largest absolute Gasteiger partial charge is 0.482 e. The number of nitrogens with one attached hydrogen (secondary N) is 2. The first-order valence-corrected chi connectivity index (χ1v) is 12.0. The molecule has 32 heavy (non-hydrogen) atoms. The number of aryl methyl sites for hydroxylation is 1. The van der Waals surface area contributed by atoms with Crippen LogP contribution in [0.15, 0.2) is 77.7 Å². The van der Waals surface area contributed by atoms with Gasteiger partial charge in [-0.15, -0.1) is 0 Å². The summed E-state index contributed by atoms with van der Waals surface area (Å²) in [6.45, 7) is 3.51. The van der Waals surface area contributed by atoms with Crippen LogP contribution >= 0.6 is 11.6 Å². The van der Waals surface area contributed by atoms with Crippen LogP contribution in [-0.4, -0.2) is 20.9 Å². The molecule has 0 radical (unpaired) electrons. The lowest BCUT2D eigenvalue weighted by Crippen LogP contribution is -2.27. The van der Waals surface area contributed by atoms with Crippen LogP contribution in [-0.2, 0) is 21.2 Å². The molecule has 168 valence electrons. The Morgan fingerprint density at radius 2 is 1.72 bits per heavy atom. The predicted molar refractivity (Wildman–Crippen MR) is 127 cm³/mol. The number of para-hydroxylation sites is 1. The summed E-state index contributed by atoms with van der Waals surface area (Å²) in [6.07, 6.45) is 0.788. The quantitative estimate of drug-likeness (QED) is 0.461. The Bertz CT molecular complexity index is 1180. The number of sulfonamides is 1. The number of hydrogen-bond acceptors (Lipinski definition) is 4. The molecule has 0 spiro atoms. The third-order valence-electron chi connectivity index (χ3n) is 4.88. The summed E-state index contributed by atoms with van der Waals surface area (Å²) >= 11 is 6.23. The van der Waals surface area contributed by atoms with Gasteiger partial charge in [-0.05, 0) is 48.7 Å². The molecule has 1 atom stereocenters. The highest BCUT2D eigenvalue weighted by Crippen LogP contribution is 2.28. The molecule has 3 aromatic carbocycles. The number of ether oxygens (including phenoxy) is 1. The van der Waals surface area contributed by atoms with Crippen molar-refractivity contribution in [3.05, 3.63) is 88.9 Å². The Hall–Kier alpha value is -2.87. The van der Waals surface area contributed by atoms with Gasteiger partial charge in [0.05, 0.1) is 9.92 Å². The van der Waals surface area contributed by atoms with Gasteiger partial charge >= 0.3 is 0 Å². The van der Waals surface area contributed by atoms with E-state index in [1.165, 1.54) is 18.2 Å². The van der Waals surface area contributed by atoms with Crippen molar-refractivity contribution in [1.82, 2.24) is 4.72 Å². The number of rotatable bonds is 9. The number of benzene rings is 3. The lowest BCUT2D eigenvalue weighted by molar-refractivity contribution is -0.118. The van der Waals surface area contributed by atoms with Crippen molar-refractivity contribution in [2.24, 2.45) is 0 Å². The lowest BCUT2D eigenvalue weighted by atomic mass is 10.1. The van der Waals surface area contributed by atoms with Crippen LogP contribution in [0.1, 0.15) is 31.0 Å². The second-order valence-corrected chi connectivity index (χ2v) is 9.31. The number of amides is 1. The van der Waals surface area contributed by atoms with E-state index in [9.17, 15) is 13.2 Å². The van der Waals surface area contributed by atoms with Crippen molar-refractivity contribution in [3.63, 3.8) is 0 Å². The molecule has 0 aromatic heterocycles. The summed E-state index contributed by atoms with van der Waals surface area (Å²) in [5.74, 6) is -0.113. The topological polar surface area (TPSA) is 84.5 Å². The number of carbonyl (C=O) groups excluding carboxylic acids is 1. The minimum Gasteiger partial charge on any atom is -0.482 e. The lowest BCUT2D eigenvalue weighted by Gasteiger charge is -2.15. The maximum atomic E-state index is 12.7. The first-order chi connectivity index (χ1) is 15.3. The van der Waals surface area contributed by atoms with Crippen LogP contribution < -0.4 is 14.8 Å². The number of hydrogen-bond donors (Lipinski definition) is 2. The van der Waals surface area contributed by atoms with Gasteiger partial charge < -0.3 is 10.1 Å².